The van der Waals surface area contributed by atoms with Gasteiger partial charge in [0.25, 0.3) is 5.91 Å². The summed E-state index contributed by atoms with van der Waals surface area (Å²) in [4.78, 5) is 13.9. The molecule has 1 atom stereocenters. The Bertz CT molecular complexity index is 510. The zero-order chi connectivity index (χ0) is 16.2. The molecule has 0 bridgehead atoms. The van der Waals surface area contributed by atoms with Crippen molar-refractivity contribution in [1.29, 1.82) is 0 Å². The SMILES string of the molecule is CC(Oc1cccc(Cl)c1Cl)C(=O)N(C)CC(C)(C)CN.Cl. The van der Waals surface area contributed by atoms with Crippen LogP contribution in [0.25, 0.3) is 0 Å². The van der Waals surface area contributed by atoms with Gasteiger partial charge in [-0.2, -0.15) is 0 Å². The van der Waals surface area contributed by atoms with E-state index in [0.717, 1.165) is 0 Å². The molecule has 1 rings (SSSR count). The van der Waals surface area contributed by atoms with E-state index in [0.29, 0.717) is 28.9 Å². The van der Waals surface area contributed by atoms with Crippen LogP contribution in [0.3, 0.4) is 0 Å². The fourth-order valence-corrected chi connectivity index (χ4v) is 2.25. The van der Waals surface area contributed by atoms with Crippen molar-refractivity contribution in [3.05, 3.63) is 28.2 Å². The van der Waals surface area contributed by atoms with Gasteiger partial charge in [-0.05, 0) is 31.0 Å². The number of carbonyl (C=O) groups excluding carboxylic acids is 1. The van der Waals surface area contributed by atoms with Gasteiger partial charge in [0.05, 0.1) is 5.02 Å². The third-order valence-corrected chi connectivity index (χ3v) is 3.96. The summed E-state index contributed by atoms with van der Waals surface area (Å²) < 4.78 is 5.62. The summed E-state index contributed by atoms with van der Waals surface area (Å²) in [5.41, 5.74) is 5.55. The first-order valence-electron chi connectivity index (χ1n) is 6.73. The fraction of sp³-hybridized carbons (Fsp3) is 0.533. The van der Waals surface area contributed by atoms with E-state index >= 15 is 0 Å². The van der Waals surface area contributed by atoms with Crippen LogP contribution in [-0.2, 0) is 4.79 Å². The minimum atomic E-state index is -0.653. The van der Waals surface area contributed by atoms with Crippen LogP contribution in [0, 0.1) is 5.41 Å². The Morgan fingerprint density at radius 3 is 2.55 bits per heavy atom. The van der Waals surface area contributed by atoms with E-state index in [2.05, 4.69) is 0 Å². The predicted octanol–water partition coefficient (Wildman–Crippen LogP) is 3.63. The lowest BCUT2D eigenvalue weighted by atomic mass is 9.93. The van der Waals surface area contributed by atoms with Gasteiger partial charge >= 0.3 is 0 Å². The summed E-state index contributed by atoms with van der Waals surface area (Å²) >= 11 is 12.0. The van der Waals surface area contributed by atoms with E-state index < -0.39 is 6.10 Å². The smallest absolute Gasteiger partial charge is 0.263 e. The Morgan fingerprint density at radius 1 is 1.41 bits per heavy atom. The van der Waals surface area contributed by atoms with E-state index in [-0.39, 0.29) is 23.7 Å². The molecule has 0 saturated heterocycles. The lowest BCUT2D eigenvalue weighted by molar-refractivity contribution is -0.137. The molecule has 4 nitrogen and oxygen atoms in total. The Morgan fingerprint density at radius 2 is 2.00 bits per heavy atom. The number of carbonyl (C=O) groups is 1. The van der Waals surface area contributed by atoms with Crippen molar-refractivity contribution in [3.63, 3.8) is 0 Å². The molecule has 1 aromatic carbocycles. The van der Waals surface area contributed by atoms with Gasteiger partial charge in [0, 0.05) is 13.6 Å². The zero-order valence-electron chi connectivity index (χ0n) is 13.2. The molecule has 7 heteroatoms. The average molecular weight is 370 g/mol. The second-order valence-electron chi connectivity index (χ2n) is 5.87. The third-order valence-electron chi connectivity index (χ3n) is 3.16. The molecule has 1 amide bonds. The van der Waals surface area contributed by atoms with Crippen molar-refractivity contribution in [2.24, 2.45) is 11.1 Å². The summed E-state index contributed by atoms with van der Waals surface area (Å²) in [6.07, 6.45) is -0.653. The molecule has 0 aromatic heterocycles. The number of halogens is 3. The van der Waals surface area contributed by atoms with Crippen LogP contribution in [0.5, 0.6) is 5.75 Å². The van der Waals surface area contributed by atoms with Crippen LogP contribution in [-0.4, -0.2) is 37.0 Å². The number of amides is 1. The maximum absolute atomic E-state index is 12.3. The van der Waals surface area contributed by atoms with Crippen LogP contribution in [0.15, 0.2) is 18.2 Å². The summed E-state index contributed by atoms with van der Waals surface area (Å²) in [5, 5.41) is 0.704. The van der Waals surface area contributed by atoms with Crippen molar-refractivity contribution in [3.8, 4) is 5.75 Å². The molecule has 22 heavy (non-hydrogen) atoms. The Hall–Kier alpha value is -0.680. The molecule has 1 unspecified atom stereocenters. The maximum atomic E-state index is 12.3. The Balaban J connectivity index is 0.00000441. The molecule has 0 fully saturated rings. The minimum Gasteiger partial charge on any atom is -0.479 e. The highest BCUT2D eigenvalue weighted by Gasteiger charge is 2.25. The second-order valence-corrected chi connectivity index (χ2v) is 6.66. The zero-order valence-corrected chi connectivity index (χ0v) is 15.6. The average Bonchev–Trinajstić information content (AvgIpc) is 2.42. The van der Waals surface area contributed by atoms with Crippen molar-refractivity contribution in [1.82, 2.24) is 4.90 Å². The number of hydrogen-bond donors (Lipinski definition) is 1. The molecule has 0 spiro atoms. The van der Waals surface area contributed by atoms with E-state index in [1.54, 1.807) is 37.1 Å². The molecule has 126 valence electrons. The van der Waals surface area contributed by atoms with Crippen LogP contribution in [0.2, 0.25) is 10.0 Å². The first-order valence-corrected chi connectivity index (χ1v) is 7.49. The van der Waals surface area contributed by atoms with Gasteiger partial charge < -0.3 is 15.4 Å². The third kappa shape index (κ3) is 5.84. The molecule has 0 radical (unpaired) electrons. The summed E-state index contributed by atoms with van der Waals surface area (Å²) in [6, 6.07) is 5.07. The molecule has 0 heterocycles. The van der Waals surface area contributed by atoms with E-state index in [1.165, 1.54) is 0 Å². The first-order chi connectivity index (χ1) is 9.68. The molecule has 1 aromatic rings. The lowest BCUT2D eigenvalue weighted by Gasteiger charge is -2.30. The van der Waals surface area contributed by atoms with E-state index in [9.17, 15) is 4.79 Å². The van der Waals surface area contributed by atoms with Gasteiger partial charge in [0.15, 0.2) is 6.10 Å². The lowest BCUT2D eigenvalue weighted by Crippen LogP contribution is -2.44. The van der Waals surface area contributed by atoms with Gasteiger partial charge in [0.1, 0.15) is 10.8 Å². The normalized spacial score (nSPS) is 12.3. The molecule has 0 aliphatic rings. The van der Waals surface area contributed by atoms with Crippen molar-refractivity contribution in [2.75, 3.05) is 20.1 Å². The molecule has 0 aliphatic carbocycles. The summed E-state index contributed by atoms with van der Waals surface area (Å²) in [6.45, 7) is 6.76. The highest BCUT2D eigenvalue weighted by atomic mass is 35.5. The van der Waals surface area contributed by atoms with Crippen molar-refractivity contribution < 1.29 is 9.53 Å². The summed E-state index contributed by atoms with van der Waals surface area (Å²) in [5.74, 6) is 0.268. The Kier molecular flexibility index (Phi) is 8.55. The number of hydrogen-bond acceptors (Lipinski definition) is 3. The molecule has 2 N–H and O–H groups in total. The quantitative estimate of drug-likeness (QED) is 0.833. The standard InChI is InChI=1S/C15H22Cl2N2O2.ClH/c1-10(14(20)19(4)9-15(2,3)8-18)21-12-7-5-6-11(16)13(12)17;/h5-7,10H,8-9,18H2,1-4H3;1H. The highest BCUT2D eigenvalue weighted by molar-refractivity contribution is 6.42. The molecule has 0 saturated carbocycles. The molecular weight excluding hydrogens is 347 g/mol. The number of nitrogens with zero attached hydrogens (tertiary/aromatic N) is 1. The Labute approximate surface area is 148 Å². The van der Waals surface area contributed by atoms with Gasteiger partial charge in [0.2, 0.25) is 0 Å². The number of ether oxygens (including phenoxy) is 1. The highest BCUT2D eigenvalue weighted by Crippen LogP contribution is 2.32. The topological polar surface area (TPSA) is 55.6 Å². The number of nitrogens with two attached hydrogens (primary N) is 1. The number of benzene rings is 1. The first kappa shape index (κ1) is 21.3. The monoisotopic (exact) mass is 368 g/mol. The van der Waals surface area contributed by atoms with Crippen LogP contribution in [0.4, 0.5) is 0 Å². The summed E-state index contributed by atoms with van der Waals surface area (Å²) in [7, 11) is 1.74. The number of likely N-dealkylation sites (N-methyl/N-ethyl adjacent to an activating group) is 1. The predicted molar refractivity (Wildman–Crippen MR) is 94.3 cm³/mol. The molecule has 0 aliphatic heterocycles. The van der Waals surface area contributed by atoms with Gasteiger partial charge in [-0.25, -0.2) is 0 Å². The van der Waals surface area contributed by atoms with E-state index in [4.69, 9.17) is 33.7 Å². The number of rotatable bonds is 6. The molecular formula is C15H23Cl3N2O2. The van der Waals surface area contributed by atoms with Crippen LogP contribution < -0.4 is 10.5 Å². The van der Waals surface area contributed by atoms with Gasteiger partial charge in [-0.15, -0.1) is 12.4 Å². The van der Waals surface area contributed by atoms with Crippen LogP contribution in [0.1, 0.15) is 20.8 Å². The van der Waals surface area contributed by atoms with E-state index in [1.807, 2.05) is 13.8 Å². The second kappa shape index (κ2) is 8.82. The van der Waals surface area contributed by atoms with Crippen molar-refractivity contribution >= 4 is 41.5 Å². The van der Waals surface area contributed by atoms with Crippen LogP contribution >= 0.6 is 35.6 Å². The minimum absolute atomic E-state index is 0. The fourth-order valence-electron chi connectivity index (χ4n) is 1.91. The van der Waals surface area contributed by atoms with Crippen molar-refractivity contribution in [2.45, 2.75) is 26.9 Å². The largest absolute Gasteiger partial charge is 0.479 e. The van der Waals surface area contributed by atoms with Gasteiger partial charge in [-0.3, -0.25) is 4.79 Å². The van der Waals surface area contributed by atoms with Gasteiger partial charge in [-0.1, -0.05) is 43.1 Å². The maximum Gasteiger partial charge on any atom is 0.263 e.